The van der Waals surface area contributed by atoms with E-state index in [1.807, 2.05) is 24.3 Å². The molecule has 0 aliphatic carbocycles. The standard InChI is InChI=1S/C25H16BrClN2O4/c26-18-9-10-23(33-25(32)19-7-3-4-8-21(19)27)17(11-18)14-28-29-24(31)20-12-15-5-1-2-6-16(15)13-22(20)30/h1-14,30H,(H,29,31). The summed E-state index contributed by atoms with van der Waals surface area (Å²) in [6.07, 6.45) is 1.34. The van der Waals surface area contributed by atoms with Gasteiger partial charge >= 0.3 is 5.97 Å². The number of carbonyl (C=O) groups is 2. The Labute approximate surface area is 202 Å². The van der Waals surface area contributed by atoms with Crippen LogP contribution in [0.5, 0.6) is 11.5 Å². The number of phenolic OH excluding ortho intramolecular Hbond substituents is 1. The summed E-state index contributed by atoms with van der Waals surface area (Å²) in [7, 11) is 0. The number of amides is 1. The molecule has 0 unspecified atom stereocenters. The lowest BCUT2D eigenvalue weighted by Crippen LogP contribution is -2.18. The molecule has 4 rings (SSSR count). The lowest BCUT2D eigenvalue weighted by Gasteiger charge is -2.09. The second kappa shape index (κ2) is 9.85. The number of nitrogens with zero attached hydrogens (tertiary/aromatic N) is 1. The second-order valence-electron chi connectivity index (χ2n) is 6.97. The van der Waals surface area contributed by atoms with E-state index in [1.54, 1.807) is 48.5 Å². The SMILES string of the molecule is O=C(NN=Cc1cc(Br)ccc1OC(=O)c1ccccc1Cl)c1cc2ccccc2cc1O. The predicted molar refractivity (Wildman–Crippen MR) is 131 cm³/mol. The number of fused-ring (bicyclic) bond motifs is 1. The lowest BCUT2D eigenvalue weighted by molar-refractivity contribution is 0.0734. The first kappa shape index (κ1) is 22.5. The van der Waals surface area contributed by atoms with Gasteiger partial charge in [0.15, 0.2) is 0 Å². The molecular formula is C25H16BrClN2O4. The predicted octanol–water partition coefficient (Wildman–Crippen LogP) is 5.94. The number of halogens is 2. The summed E-state index contributed by atoms with van der Waals surface area (Å²) >= 11 is 9.44. The summed E-state index contributed by atoms with van der Waals surface area (Å²) in [5.74, 6) is -1.13. The highest BCUT2D eigenvalue weighted by Gasteiger charge is 2.15. The maximum absolute atomic E-state index is 12.6. The molecule has 0 saturated heterocycles. The van der Waals surface area contributed by atoms with Crippen LogP contribution in [0.2, 0.25) is 5.02 Å². The van der Waals surface area contributed by atoms with E-state index in [9.17, 15) is 14.7 Å². The third-order valence-electron chi connectivity index (χ3n) is 4.75. The first-order valence-electron chi connectivity index (χ1n) is 9.74. The van der Waals surface area contributed by atoms with Crippen LogP contribution >= 0.6 is 27.5 Å². The molecule has 0 aromatic heterocycles. The molecular weight excluding hydrogens is 508 g/mol. The third-order valence-corrected chi connectivity index (χ3v) is 5.57. The maximum Gasteiger partial charge on any atom is 0.345 e. The van der Waals surface area contributed by atoms with E-state index >= 15 is 0 Å². The average molecular weight is 524 g/mol. The molecule has 8 heteroatoms. The Hall–Kier alpha value is -3.68. The number of benzene rings is 4. The van der Waals surface area contributed by atoms with Gasteiger partial charge in [-0.15, -0.1) is 0 Å². The topological polar surface area (TPSA) is 88.0 Å². The van der Waals surface area contributed by atoms with Crippen LogP contribution in [0, 0.1) is 0 Å². The monoisotopic (exact) mass is 522 g/mol. The quantitative estimate of drug-likeness (QED) is 0.147. The zero-order valence-electron chi connectivity index (χ0n) is 17.0. The summed E-state index contributed by atoms with van der Waals surface area (Å²) in [6.45, 7) is 0. The van der Waals surface area contributed by atoms with Gasteiger partial charge in [-0.25, -0.2) is 10.2 Å². The van der Waals surface area contributed by atoms with Crippen molar-refractivity contribution in [3.8, 4) is 11.5 Å². The number of hydrogen-bond acceptors (Lipinski definition) is 5. The normalized spacial score (nSPS) is 11.0. The minimum atomic E-state index is -0.623. The van der Waals surface area contributed by atoms with Crippen LogP contribution in [0.1, 0.15) is 26.3 Å². The Morgan fingerprint density at radius 1 is 0.939 bits per heavy atom. The Bertz CT molecular complexity index is 1400. The maximum atomic E-state index is 12.6. The van der Waals surface area contributed by atoms with Gasteiger partial charge in [0.05, 0.1) is 22.4 Å². The number of hydrazone groups is 1. The molecule has 4 aromatic rings. The number of phenols is 1. The first-order valence-corrected chi connectivity index (χ1v) is 10.9. The largest absolute Gasteiger partial charge is 0.507 e. The molecule has 0 bridgehead atoms. The highest BCUT2D eigenvalue weighted by atomic mass is 79.9. The van der Waals surface area contributed by atoms with Gasteiger partial charge in [0.1, 0.15) is 11.5 Å². The molecule has 0 saturated carbocycles. The van der Waals surface area contributed by atoms with E-state index in [0.29, 0.717) is 5.56 Å². The smallest absolute Gasteiger partial charge is 0.345 e. The second-order valence-corrected chi connectivity index (χ2v) is 8.29. The number of carbonyl (C=O) groups excluding carboxylic acids is 2. The molecule has 4 aromatic carbocycles. The van der Waals surface area contributed by atoms with Crippen molar-refractivity contribution in [1.82, 2.24) is 5.43 Å². The first-order chi connectivity index (χ1) is 15.9. The van der Waals surface area contributed by atoms with Gasteiger partial charge in [-0.2, -0.15) is 5.10 Å². The molecule has 0 aliphatic rings. The zero-order valence-corrected chi connectivity index (χ0v) is 19.3. The Morgan fingerprint density at radius 2 is 1.64 bits per heavy atom. The summed E-state index contributed by atoms with van der Waals surface area (Å²) in [5.41, 5.74) is 3.14. The van der Waals surface area contributed by atoms with Crippen molar-refractivity contribution in [3.63, 3.8) is 0 Å². The van der Waals surface area contributed by atoms with E-state index in [-0.39, 0.29) is 27.6 Å². The molecule has 0 fully saturated rings. The van der Waals surface area contributed by atoms with Gasteiger partial charge in [0, 0.05) is 10.0 Å². The van der Waals surface area contributed by atoms with E-state index in [1.165, 1.54) is 12.3 Å². The number of aromatic hydroxyl groups is 1. The van der Waals surface area contributed by atoms with Crippen LogP contribution in [0.15, 0.2) is 88.4 Å². The van der Waals surface area contributed by atoms with Crippen molar-refractivity contribution < 1.29 is 19.4 Å². The molecule has 0 spiro atoms. The number of ether oxygens (including phenoxy) is 1. The van der Waals surface area contributed by atoms with Crippen molar-refractivity contribution in [2.24, 2.45) is 5.10 Å². The number of nitrogens with one attached hydrogen (secondary N) is 1. The van der Waals surface area contributed by atoms with Crippen LogP contribution in [-0.4, -0.2) is 23.2 Å². The Balaban J connectivity index is 1.53. The third kappa shape index (κ3) is 5.22. The minimum absolute atomic E-state index is 0.0884. The molecule has 2 N–H and O–H groups in total. The fourth-order valence-corrected chi connectivity index (χ4v) is 3.72. The fraction of sp³-hybridized carbons (Fsp3) is 0. The molecule has 164 valence electrons. The highest BCUT2D eigenvalue weighted by molar-refractivity contribution is 9.10. The summed E-state index contributed by atoms with van der Waals surface area (Å²) in [6, 6.07) is 22.0. The lowest BCUT2D eigenvalue weighted by atomic mass is 10.1. The van der Waals surface area contributed by atoms with E-state index < -0.39 is 11.9 Å². The highest BCUT2D eigenvalue weighted by Crippen LogP contribution is 2.26. The fourth-order valence-electron chi connectivity index (χ4n) is 3.13. The molecule has 0 heterocycles. The summed E-state index contributed by atoms with van der Waals surface area (Å²) in [4.78, 5) is 25.1. The molecule has 1 amide bonds. The van der Waals surface area contributed by atoms with Gasteiger partial charge in [-0.1, -0.05) is 63.9 Å². The molecule has 6 nitrogen and oxygen atoms in total. The summed E-state index contributed by atoms with van der Waals surface area (Å²) in [5, 5.41) is 16.1. The Kier molecular flexibility index (Phi) is 6.72. The van der Waals surface area contributed by atoms with Crippen molar-refractivity contribution in [2.45, 2.75) is 0 Å². The van der Waals surface area contributed by atoms with E-state index in [4.69, 9.17) is 16.3 Å². The number of esters is 1. The Morgan fingerprint density at radius 3 is 2.39 bits per heavy atom. The van der Waals surface area contributed by atoms with E-state index in [0.717, 1.165) is 15.2 Å². The molecule has 33 heavy (non-hydrogen) atoms. The van der Waals surface area contributed by atoms with Crippen LogP contribution in [0.25, 0.3) is 10.8 Å². The van der Waals surface area contributed by atoms with Crippen molar-refractivity contribution >= 4 is 56.4 Å². The molecule has 0 radical (unpaired) electrons. The van der Waals surface area contributed by atoms with Crippen LogP contribution < -0.4 is 10.2 Å². The van der Waals surface area contributed by atoms with Crippen LogP contribution in [0.4, 0.5) is 0 Å². The van der Waals surface area contributed by atoms with Gasteiger partial charge in [-0.3, -0.25) is 4.79 Å². The van der Waals surface area contributed by atoms with Gasteiger partial charge in [0.25, 0.3) is 5.91 Å². The number of rotatable bonds is 5. The molecule has 0 aliphatic heterocycles. The van der Waals surface area contributed by atoms with Crippen molar-refractivity contribution in [1.29, 1.82) is 0 Å². The summed E-state index contributed by atoms with van der Waals surface area (Å²) < 4.78 is 6.21. The van der Waals surface area contributed by atoms with Crippen molar-refractivity contribution in [3.05, 3.63) is 105 Å². The van der Waals surface area contributed by atoms with Gasteiger partial charge in [0.2, 0.25) is 0 Å². The zero-order chi connectivity index (χ0) is 23.4. The molecule has 0 atom stereocenters. The van der Waals surface area contributed by atoms with Crippen LogP contribution in [0.3, 0.4) is 0 Å². The number of hydrogen-bond donors (Lipinski definition) is 2. The van der Waals surface area contributed by atoms with Crippen LogP contribution in [-0.2, 0) is 0 Å². The van der Waals surface area contributed by atoms with E-state index in [2.05, 4.69) is 26.5 Å². The van der Waals surface area contributed by atoms with Gasteiger partial charge in [-0.05, 0) is 53.2 Å². The minimum Gasteiger partial charge on any atom is -0.507 e. The average Bonchev–Trinajstić information content (AvgIpc) is 2.80. The van der Waals surface area contributed by atoms with Gasteiger partial charge < -0.3 is 9.84 Å². The van der Waals surface area contributed by atoms with Crippen molar-refractivity contribution in [2.75, 3.05) is 0 Å².